The molecule has 3 rings (SSSR count). The highest BCUT2D eigenvalue weighted by Crippen LogP contribution is 2.18. The average Bonchev–Trinajstić information content (AvgIpc) is 2.82. The summed E-state index contributed by atoms with van der Waals surface area (Å²) in [6, 6.07) is 25.4. The minimum atomic E-state index is -0.345. The Morgan fingerprint density at radius 2 is 1.56 bits per heavy atom. The van der Waals surface area contributed by atoms with Crippen LogP contribution < -0.4 is 16.0 Å². The molecule has 1 unspecified atom stereocenters. The minimum Gasteiger partial charge on any atom is -0.348 e. The lowest BCUT2D eigenvalue weighted by atomic mass is 10.1. The van der Waals surface area contributed by atoms with Gasteiger partial charge in [0.15, 0.2) is 0 Å². The topological polar surface area (TPSA) is 87.3 Å². The van der Waals surface area contributed by atoms with Crippen molar-refractivity contribution in [2.24, 2.45) is 0 Å². The molecule has 3 aromatic carbocycles. The smallest absolute Gasteiger partial charge is 0.255 e. The van der Waals surface area contributed by atoms with Crippen LogP contribution in [0.4, 0.5) is 5.69 Å². The molecule has 3 aromatic rings. The van der Waals surface area contributed by atoms with Crippen LogP contribution >= 0.6 is 0 Å². The van der Waals surface area contributed by atoms with E-state index in [1.807, 2.05) is 61.5 Å². The third kappa shape index (κ3) is 6.95. The lowest BCUT2D eigenvalue weighted by Gasteiger charge is -2.16. The maximum atomic E-state index is 12.3. The van der Waals surface area contributed by atoms with Crippen molar-refractivity contribution in [2.45, 2.75) is 13.0 Å². The number of anilines is 1. The lowest BCUT2D eigenvalue weighted by Crippen LogP contribution is -2.37. The zero-order chi connectivity index (χ0) is 22.8. The first-order valence-corrected chi connectivity index (χ1v) is 10.3. The molecule has 0 heterocycles. The summed E-state index contributed by atoms with van der Waals surface area (Å²) in [5, 5.41) is 8.28. The van der Waals surface area contributed by atoms with E-state index in [0.29, 0.717) is 11.3 Å². The molecule has 0 radical (unpaired) electrons. The predicted molar refractivity (Wildman–Crippen MR) is 126 cm³/mol. The van der Waals surface area contributed by atoms with Gasteiger partial charge in [-0.2, -0.15) is 0 Å². The Morgan fingerprint density at radius 3 is 2.28 bits per heavy atom. The van der Waals surface area contributed by atoms with E-state index >= 15 is 0 Å². The summed E-state index contributed by atoms with van der Waals surface area (Å²) in [6.45, 7) is 1.71. The van der Waals surface area contributed by atoms with Crippen LogP contribution in [0.15, 0.2) is 91.0 Å². The second-order valence-corrected chi connectivity index (χ2v) is 7.20. The monoisotopic (exact) mass is 427 g/mol. The molecule has 0 aromatic heterocycles. The Hall–Kier alpha value is -4.19. The summed E-state index contributed by atoms with van der Waals surface area (Å²) in [4.78, 5) is 36.5. The van der Waals surface area contributed by atoms with Crippen molar-refractivity contribution < 1.29 is 14.4 Å². The van der Waals surface area contributed by atoms with Gasteiger partial charge in [0.05, 0.1) is 12.6 Å². The first kappa shape index (κ1) is 22.5. The molecule has 0 saturated carbocycles. The van der Waals surface area contributed by atoms with Crippen molar-refractivity contribution in [3.63, 3.8) is 0 Å². The van der Waals surface area contributed by atoms with E-state index in [1.165, 1.54) is 6.08 Å². The maximum Gasteiger partial charge on any atom is 0.255 e. The van der Waals surface area contributed by atoms with Crippen molar-refractivity contribution in [3.05, 3.63) is 108 Å². The van der Waals surface area contributed by atoms with Crippen LogP contribution in [0, 0.1) is 0 Å². The Bertz CT molecular complexity index is 1100. The van der Waals surface area contributed by atoms with Crippen LogP contribution in [-0.2, 0) is 9.59 Å². The van der Waals surface area contributed by atoms with Crippen LogP contribution in [0.2, 0.25) is 0 Å². The van der Waals surface area contributed by atoms with Crippen molar-refractivity contribution in [2.75, 3.05) is 11.9 Å². The van der Waals surface area contributed by atoms with Gasteiger partial charge in [-0.1, -0.05) is 60.7 Å². The van der Waals surface area contributed by atoms with Gasteiger partial charge in [-0.15, -0.1) is 0 Å². The molecule has 0 bridgehead atoms. The molecular formula is C26H25N3O3. The van der Waals surface area contributed by atoms with E-state index in [9.17, 15) is 14.4 Å². The molecule has 3 amide bonds. The summed E-state index contributed by atoms with van der Waals surface area (Å²) < 4.78 is 0. The van der Waals surface area contributed by atoms with Crippen molar-refractivity contribution in [1.82, 2.24) is 10.6 Å². The highest BCUT2D eigenvalue weighted by molar-refractivity contribution is 6.04. The summed E-state index contributed by atoms with van der Waals surface area (Å²) in [7, 11) is 0. The largest absolute Gasteiger partial charge is 0.348 e. The number of carbonyl (C=O) groups is 3. The zero-order valence-corrected chi connectivity index (χ0v) is 17.7. The van der Waals surface area contributed by atoms with Gasteiger partial charge in [0.2, 0.25) is 11.8 Å². The maximum absolute atomic E-state index is 12.3. The lowest BCUT2D eigenvalue weighted by molar-refractivity contribution is -0.124. The van der Waals surface area contributed by atoms with Crippen molar-refractivity contribution in [3.8, 4) is 0 Å². The summed E-state index contributed by atoms with van der Waals surface area (Å²) >= 11 is 0. The number of hydrogen-bond acceptors (Lipinski definition) is 3. The van der Waals surface area contributed by atoms with E-state index < -0.39 is 0 Å². The van der Waals surface area contributed by atoms with Gasteiger partial charge < -0.3 is 16.0 Å². The van der Waals surface area contributed by atoms with Crippen molar-refractivity contribution in [1.29, 1.82) is 0 Å². The van der Waals surface area contributed by atoms with Crippen LogP contribution in [0.25, 0.3) is 6.08 Å². The second kappa shape index (κ2) is 11.3. The fourth-order valence-electron chi connectivity index (χ4n) is 3.02. The molecule has 0 spiro atoms. The van der Waals surface area contributed by atoms with Gasteiger partial charge in [0.25, 0.3) is 5.91 Å². The molecule has 6 nitrogen and oxygen atoms in total. The molecule has 3 N–H and O–H groups in total. The third-order valence-corrected chi connectivity index (χ3v) is 4.71. The molecule has 0 aliphatic heterocycles. The Balaban J connectivity index is 1.49. The molecule has 0 saturated heterocycles. The molecule has 0 aliphatic carbocycles. The highest BCUT2D eigenvalue weighted by Gasteiger charge is 2.12. The fraction of sp³-hybridized carbons (Fsp3) is 0.115. The van der Waals surface area contributed by atoms with E-state index in [0.717, 1.165) is 11.1 Å². The van der Waals surface area contributed by atoms with Crippen LogP contribution in [0.5, 0.6) is 0 Å². The van der Waals surface area contributed by atoms with Gasteiger partial charge in [-0.3, -0.25) is 14.4 Å². The number of benzene rings is 3. The van der Waals surface area contributed by atoms with Crippen LogP contribution in [-0.4, -0.2) is 24.3 Å². The third-order valence-electron chi connectivity index (χ3n) is 4.71. The van der Waals surface area contributed by atoms with E-state index in [4.69, 9.17) is 0 Å². The SMILES string of the molecule is CC(NC(=O)CNC(=O)/C=C/c1ccccc1)c1cccc(NC(=O)c2ccccc2)c1. The molecule has 1 atom stereocenters. The highest BCUT2D eigenvalue weighted by atomic mass is 16.2. The van der Waals surface area contributed by atoms with E-state index in [-0.39, 0.29) is 30.3 Å². The first-order valence-electron chi connectivity index (χ1n) is 10.3. The minimum absolute atomic E-state index is 0.132. The predicted octanol–water partition coefficient (Wildman–Crippen LogP) is 3.95. The molecule has 162 valence electrons. The van der Waals surface area contributed by atoms with E-state index in [1.54, 1.807) is 36.4 Å². The summed E-state index contributed by atoms with van der Waals surface area (Å²) in [6.07, 6.45) is 3.08. The number of amides is 3. The molecule has 0 aliphatic rings. The molecular weight excluding hydrogens is 402 g/mol. The van der Waals surface area contributed by atoms with Gasteiger partial charge in [-0.05, 0) is 48.4 Å². The zero-order valence-electron chi connectivity index (χ0n) is 17.7. The number of hydrogen-bond donors (Lipinski definition) is 3. The van der Waals surface area contributed by atoms with E-state index in [2.05, 4.69) is 16.0 Å². The summed E-state index contributed by atoms with van der Waals surface area (Å²) in [5.41, 5.74) is 2.94. The number of rotatable bonds is 8. The Labute approximate surface area is 187 Å². The summed E-state index contributed by atoms with van der Waals surface area (Å²) in [5.74, 6) is -0.856. The quantitative estimate of drug-likeness (QED) is 0.476. The normalized spacial score (nSPS) is 11.5. The van der Waals surface area contributed by atoms with Gasteiger partial charge in [0, 0.05) is 17.3 Å². The Morgan fingerprint density at radius 1 is 0.875 bits per heavy atom. The standard InChI is InChI=1S/C26H25N3O3/c1-19(28-25(31)18-27-24(30)16-15-20-9-4-2-5-10-20)22-13-8-14-23(17-22)29-26(32)21-11-6-3-7-12-21/h2-17,19H,18H2,1H3,(H,27,30)(H,28,31)(H,29,32)/b16-15+. The second-order valence-electron chi connectivity index (χ2n) is 7.20. The van der Waals surface area contributed by atoms with Crippen molar-refractivity contribution >= 4 is 29.5 Å². The van der Waals surface area contributed by atoms with Crippen LogP contribution in [0.1, 0.15) is 34.5 Å². The average molecular weight is 428 g/mol. The molecule has 0 fully saturated rings. The van der Waals surface area contributed by atoms with Gasteiger partial charge in [-0.25, -0.2) is 0 Å². The number of nitrogens with one attached hydrogen (secondary N) is 3. The first-order chi connectivity index (χ1) is 15.5. The number of carbonyl (C=O) groups excluding carboxylic acids is 3. The molecule has 32 heavy (non-hydrogen) atoms. The van der Waals surface area contributed by atoms with Crippen LogP contribution in [0.3, 0.4) is 0 Å². The van der Waals surface area contributed by atoms with Gasteiger partial charge in [0.1, 0.15) is 0 Å². The Kier molecular flexibility index (Phi) is 7.92. The van der Waals surface area contributed by atoms with Gasteiger partial charge >= 0.3 is 0 Å². The molecule has 6 heteroatoms. The fourth-order valence-corrected chi connectivity index (χ4v) is 3.02.